The van der Waals surface area contributed by atoms with E-state index in [1.54, 1.807) is 0 Å². The zero-order chi connectivity index (χ0) is 9.40. The molecule has 0 aromatic rings. The number of nitrogens with one attached hydrogen (secondary N) is 1. The third-order valence-electron chi connectivity index (χ3n) is 1.52. The molecule has 2 unspecified atom stereocenters. The van der Waals surface area contributed by atoms with Crippen molar-refractivity contribution in [2.75, 3.05) is 6.61 Å². The minimum absolute atomic E-state index is 0.0605. The molecule has 0 bridgehead atoms. The van der Waals surface area contributed by atoms with Crippen LogP contribution in [0.1, 0.15) is 19.8 Å². The number of rotatable bonds is 5. The summed E-state index contributed by atoms with van der Waals surface area (Å²) in [4.78, 5) is 11.1. The van der Waals surface area contributed by atoms with Crippen molar-refractivity contribution >= 4 is 22.5 Å². The molecule has 2 atom stereocenters. The third kappa shape index (κ3) is 5.39. The molecule has 6 heteroatoms. The van der Waals surface area contributed by atoms with Crippen LogP contribution >= 0.6 is 9.39 Å². The van der Waals surface area contributed by atoms with Crippen molar-refractivity contribution in [1.82, 2.24) is 5.23 Å². The van der Waals surface area contributed by atoms with Gasteiger partial charge in [-0.2, -0.15) is 0 Å². The summed E-state index contributed by atoms with van der Waals surface area (Å²) in [7, 11) is 3.46. The Morgan fingerprint density at radius 2 is 2.50 bits per heavy atom. The molecule has 0 aliphatic heterocycles. The summed E-state index contributed by atoms with van der Waals surface area (Å²) < 4.78 is 3.55. The number of nitrogens with zero attached hydrogens (tertiary/aromatic N) is 1. The van der Waals surface area contributed by atoms with E-state index in [2.05, 4.69) is 19.3 Å². The van der Waals surface area contributed by atoms with Gasteiger partial charge in [-0.3, -0.25) is 0 Å². The minimum atomic E-state index is -0.0693. The maximum absolute atomic E-state index is 11.1. The zero-order valence-electron chi connectivity index (χ0n) is 7.16. The Bertz CT molecular complexity index is 166. The summed E-state index contributed by atoms with van der Waals surface area (Å²) in [5, 5.41) is 11.0. The summed E-state index contributed by atoms with van der Waals surface area (Å²) in [6.45, 7) is 1.96. The molecule has 0 spiro atoms. The van der Waals surface area contributed by atoms with Gasteiger partial charge in [0.2, 0.25) is 0 Å². The summed E-state index contributed by atoms with van der Waals surface area (Å²) in [5.74, 6) is -0.130. The number of carbonyl (C=O) groups excluding carboxylic acids is 1. The van der Waals surface area contributed by atoms with Crippen LogP contribution in [0.15, 0.2) is 4.67 Å². The van der Waals surface area contributed by atoms with Crippen molar-refractivity contribution in [2.45, 2.75) is 19.8 Å². The molecule has 0 aliphatic carbocycles. The van der Waals surface area contributed by atoms with E-state index in [0.29, 0.717) is 12.8 Å². The Morgan fingerprint density at radius 3 is 3.00 bits per heavy atom. The summed E-state index contributed by atoms with van der Waals surface area (Å²) >= 11 is 0. The molecule has 0 rings (SSSR count). The molecule has 0 aromatic heterocycles. The van der Waals surface area contributed by atoms with Crippen LogP contribution in [0.2, 0.25) is 0 Å². The Balaban J connectivity index is 3.61. The molecular formula is C6H14BN2O2P. The molecule has 0 aliphatic rings. The van der Waals surface area contributed by atoms with Crippen molar-refractivity contribution < 1.29 is 9.90 Å². The molecule has 4 nitrogen and oxygen atoms in total. The summed E-state index contributed by atoms with van der Waals surface area (Å²) in [6, 6.07) is 0. The molecule has 0 saturated carbocycles. The first-order valence-corrected chi connectivity index (χ1v) is 4.37. The van der Waals surface area contributed by atoms with Gasteiger partial charge in [0.05, 0.1) is 0 Å². The number of hydrogen-bond acceptors (Lipinski definition) is 3. The van der Waals surface area contributed by atoms with Crippen molar-refractivity contribution in [2.24, 2.45) is 10.6 Å². The molecule has 0 saturated heterocycles. The van der Waals surface area contributed by atoms with Gasteiger partial charge in [-0.15, -0.1) is 0 Å². The van der Waals surface area contributed by atoms with E-state index < -0.39 is 0 Å². The first-order valence-electron chi connectivity index (χ1n) is 3.85. The molecule has 1 amide bonds. The SMILES string of the molecule is CC(CCCO)C(=O)NB=NP. The average Bonchev–Trinajstić information content (AvgIpc) is 2.10. The Morgan fingerprint density at radius 1 is 1.83 bits per heavy atom. The maximum atomic E-state index is 11.1. The molecule has 68 valence electrons. The molecular weight excluding hydrogens is 174 g/mol. The first kappa shape index (κ1) is 11.7. The average molecular weight is 188 g/mol. The predicted molar refractivity (Wildman–Crippen MR) is 51.5 cm³/mol. The van der Waals surface area contributed by atoms with E-state index in [-0.39, 0.29) is 18.4 Å². The molecule has 0 aromatic carbocycles. The number of amides is 1. The fraction of sp³-hybridized carbons (Fsp3) is 0.833. The van der Waals surface area contributed by atoms with Crippen LogP contribution in [-0.2, 0) is 4.79 Å². The van der Waals surface area contributed by atoms with Gasteiger partial charge in [0.25, 0.3) is 0 Å². The van der Waals surface area contributed by atoms with Gasteiger partial charge in [0, 0.05) is 0 Å². The van der Waals surface area contributed by atoms with Gasteiger partial charge >= 0.3 is 74.6 Å². The van der Waals surface area contributed by atoms with E-state index in [1.165, 1.54) is 7.21 Å². The Hall–Kier alpha value is -0.275. The number of aliphatic hydroxyl groups excluding tert-OH is 1. The second-order valence-corrected chi connectivity index (χ2v) is 2.85. The summed E-state index contributed by atoms with van der Waals surface area (Å²) in [5.41, 5.74) is 0. The quantitative estimate of drug-likeness (QED) is 0.474. The fourth-order valence-corrected chi connectivity index (χ4v) is 0.846. The molecule has 0 fully saturated rings. The van der Waals surface area contributed by atoms with Crippen LogP contribution in [-0.4, -0.2) is 24.8 Å². The van der Waals surface area contributed by atoms with E-state index in [1.807, 2.05) is 6.92 Å². The van der Waals surface area contributed by atoms with E-state index in [0.717, 1.165) is 0 Å². The second-order valence-electron chi connectivity index (χ2n) is 2.55. The second kappa shape index (κ2) is 7.38. The van der Waals surface area contributed by atoms with Gasteiger partial charge in [-0.1, -0.05) is 0 Å². The van der Waals surface area contributed by atoms with Crippen LogP contribution in [0.3, 0.4) is 0 Å². The standard InChI is InChI=1S/C6H14BN2O2P/c1-5(3-2-4-10)6(11)8-7-9-12/h5,10H,2-4,12H2,1H3,(H,8,11). The molecule has 12 heavy (non-hydrogen) atoms. The van der Waals surface area contributed by atoms with Crippen LogP contribution in [0.25, 0.3) is 0 Å². The van der Waals surface area contributed by atoms with Gasteiger partial charge in [-0.25, -0.2) is 0 Å². The summed E-state index contributed by atoms with van der Waals surface area (Å²) in [6.07, 6.45) is 1.36. The van der Waals surface area contributed by atoms with Crippen LogP contribution in [0, 0.1) is 5.92 Å². The number of hydrogen-bond donors (Lipinski definition) is 2. The topological polar surface area (TPSA) is 61.7 Å². The normalized spacial score (nSPS) is 12.6. The fourth-order valence-electron chi connectivity index (χ4n) is 0.772. The third-order valence-corrected chi connectivity index (χ3v) is 1.67. The number of aliphatic hydroxyl groups is 1. The molecule has 0 heterocycles. The van der Waals surface area contributed by atoms with Crippen molar-refractivity contribution in [1.29, 1.82) is 0 Å². The molecule has 2 N–H and O–H groups in total. The molecule has 0 radical (unpaired) electrons. The number of carbonyl (C=O) groups is 1. The van der Waals surface area contributed by atoms with E-state index in [4.69, 9.17) is 5.11 Å². The van der Waals surface area contributed by atoms with Crippen molar-refractivity contribution in [3.05, 3.63) is 0 Å². The van der Waals surface area contributed by atoms with E-state index in [9.17, 15) is 4.79 Å². The van der Waals surface area contributed by atoms with Crippen LogP contribution in [0.5, 0.6) is 0 Å². The zero-order valence-corrected chi connectivity index (χ0v) is 8.31. The van der Waals surface area contributed by atoms with Gasteiger partial charge < -0.3 is 0 Å². The van der Waals surface area contributed by atoms with Gasteiger partial charge in [-0.05, 0) is 0 Å². The monoisotopic (exact) mass is 188 g/mol. The van der Waals surface area contributed by atoms with Crippen molar-refractivity contribution in [3.8, 4) is 0 Å². The van der Waals surface area contributed by atoms with E-state index >= 15 is 0 Å². The Kier molecular flexibility index (Phi) is 7.21. The van der Waals surface area contributed by atoms with Crippen LogP contribution in [0.4, 0.5) is 0 Å². The first-order chi connectivity index (χ1) is 5.72. The van der Waals surface area contributed by atoms with Gasteiger partial charge in [0.1, 0.15) is 0 Å². The van der Waals surface area contributed by atoms with Gasteiger partial charge in [0.15, 0.2) is 0 Å². The van der Waals surface area contributed by atoms with Crippen molar-refractivity contribution in [3.63, 3.8) is 0 Å². The van der Waals surface area contributed by atoms with Crippen LogP contribution < -0.4 is 5.23 Å². The Labute approximate surface area is 75.4 Å². The predicted octanol–water partition coefficient (Wildman–Crippen LogP) is 0.104.